The van der Waals surface area contributed by atoms with E-state index >= 15 is 0 Å². The molecular weight excluding hydrogens is 859 g/mol. The van der Waals surface area contributed by atoms with Gasteiger partial charge in [0, 0.05) is 42.7 Å². The number of rotatable bonds is 13. The molecule has 9 aliphatic rings. The summed E-state index contributed by atoms with van der Waals surface area (Å²) in [6.07, 6.45) is 17.0. The first-order valence-electron chi connectivity index (χ1n) is 25.3. The van der Waals surface area contributed by atoms with Crippen LogP contribution in [0.5, 0.6) is 5.75 Å². The van der Waals surface area contributed by atoms with E-state index in [0.717, 1.165) is 82.6 Å². The summed E-state index contributed by atoms with van der Waals surface area (Å²) < 4.78 is 34.6. The number of aliphatic carboxylic acids is 1. The molecule has 7 fully saturated rings. The number of hydrogen-bond acceptors (Lipinski definition) is 12. The van der Waals surface area contributed by atoms with Crippen LogP contribution in [0.2, 0.25) is 0 Å². The van der Waals surface area contributed by atoms with Crippen LogP contribution in [-0.2, 0) is 65.3 Å². The lowest BCUT2D eigenvalue weighted by Gasteiger charge is -2.58. The van der Waals surface area contributed by atoms with Crippen LogP contribution in [0.15, 0.2) is 29.8 Å². The van der Waals surface area contributed by atoms with E-state index in [9.17, 15) is 33.9 Å². The largest absolute Gasteiger partial charge is 0.481 e. The minimum absolute atomic E-state index is 0.0176. The fraction of sp³-hybridized carbons (Fsp3) is 0.736. The van der Waals surface area contributed by atoms with E-state index in [0.29, 0.717) is 70.3 Å². The summed E-state index contributed by atoms with van der Waals surface area (Å²) in [4.78, 5) is 75.7. The van der Waals surface area contributed by atoms with Gasteiger partial charge < -0.3 is 38.8 Å². The molecule has 5 saturated carbocycles. The third-order valence-electron chi connectivity index (χ3n) is 18.7. The Morgan fingerprint density at radius 2 is 1.64 bits per heavy atom. The maximum absolute atomic E-state index is 13.6. The second kappa shape index (κ2) is 18.6. The van der Waals surface area contributed by atoms with Crippen LogP contribution < -0.4 is 10.1 Å². The van der Waals surface area contributed by atoms with Gasteiger partial charge in [0.2, 0.25) is 5.91 Å². The Morgan fingerprint density at radius 3 is 2.34 bits per heavy atom. The zero-order valence-electron chi connectivity index (χ0n) is 40.0. The van der Waals surface area contributed by atoms with Gasteiger partial charge in [0.15, 0.2) is 5.78 Å². The second-order valence-corrected chi connectivity index (χ2v) is 22.0. The number of fused-ring (bicyclic) bond motifs is 5. The highest BCUT2D eigenvalue weighted by atomic mass is 16.6. The first-order chi connectivity index (χ1) is 32.1. The predicted molar refractivity (Wildman–Crippen MR) is 242 cm³/mol. The molecule has 1 amide bonds. The van der Waals surface area contributed by atoms with Crippen LogP contribution in [-0.4, -0.2) is 98.1 Å². The zero-order chi connectivity index (χ0) is 47.4. The summed E-state index contributed by atoms with van der Waals surface area (Å²) in [5, 5.41) is 12.5. The third kappa shape index (κ3) is 8.46. The van der Waals surface area contributed by atoms with E-state index in [1.54, 1.807) is 13.2 Å². The van der Waals surface area contributed by atoms with Gasteiger partial charge >= 0.3 is 23.9 Å². The van der Waals surface area contributed by atoms with Crippen molar-refractivity contribution in [2.75, 3.05) is 34.0 Å². The summed E-state index contributed by atoms with van der Waals surface area (Å²) in [6, 6.07) is 5.85. The average molecular weight is 930 g/mol. The Kier molecular flexibility index (Phi) is 13.3. The van der Waals surface area contributed by atoms with Crippen molar-refractivity contribution in [2.24, 2.45) is 45.8 Å². The third-order valence-corrected chi connectivity index (χ3v) is 18.7. The molecule has 2 spiro atoms. The number of ketones is 1. The van der Waals surface area contributed by atoms with Gasteiger partial charge in [-0.15, -0.1) is 0 Å². The second-order valence-electron chi connectivity index (χ2n) is 22.0. The van der Waals surface area contributed by atoms with E-state index in [1.807, 2.05) is 18.2 Å². The zero-order valence-corrected chi connectivity index (χ0v) is 40.0. The molecule has 2 aliphatic heterocycles. The molecule has 1 aromatic rings. The molecule has 0 bridgehead atoms. The van der Waals surface area contributed by atoms with E-state index in [1.165, 1.54) is 18.2 Å². The molecule has 14 nitrogen and oxygen atoms in total. The first kappa shape index (κ1) is 47.9. The Morgan fingerprint density at radius 1 is 0.881 bits per heavy atom. The van der Waals surface area contributed by atoms with Crippen molar-refractivity contribution in [3.8, 4) is 5.75 Å². The molecule has 0 aromatic heterocycles. The predicted octanol–water partition coefficient (Wildman–Crippen LogP) is 7.19. The van der Waals surface area contributed by atoms with Gasteiger partial charge in [0.25, 0.3) is 0 Å². The van der Waals surface area contributed by atoms with Crippen molar-refractivity contribution >= 4 is 35.6 Å². The number of benzene rings is 1. The summed E-state index contributed by atoms with van der Waals surface area (Å²) in [7, 11) is 3.05. The number of amides is 1. The number of carboxylic acids is 1. The number of carbonyl (C=O) groups excluding carboxylic acids is 5. The molecule has 0 radical (unpaired) electrons. The lowest BCUT2D eigenvalue weighted by atomic mass is 9.43. The molecule has 1 aromatic carbocycles. The number of ether oxygens (including phenoxy) is 6. The Hall–Kier alpha value is -4.14. The highest BCUT2D eigenvalue weighted by Crippen LogP contribution is 2.78. The molecule has 67 heavy (non-hydrogen) atoms. The number of methoxy groups -OCH3 is 2. The van der Waals surface area contributed by atoms with Gasteiger partial charge in [0.05, 0.1) is 56.2 Å². The fourth-order valence-corrected chi connectivity index (χ4v) is 14.9. The SMILES string of the molecule is COC(=O)[C@@H]1CC2=CC(=O)CC[C@]2(C)[C@@]23O[C@@H]2C[C@@]2(C)[C@@H](CC[C@@]24CCC(=O)O4)[C@H]13.COCCOC[C@@H](CC1(C(=O)NC2CCC(C(=O)O)CC2)CCCC1)C(=O)Oc1ccc2c(c1)CCC2. The number of carboxylic acid groups (broad SMARTS) is 1. The van der Waals surface area contributed by atoms with Gasteiger partial charge in [-0.2, -0.15) is 0 Å². The molecule has 9 atom stereocenters. The van der Waals surface area contributed by atoms with Crippen molar-refractivity contribution in [2.45, 2.75) is 166 Å². The Bertz CT molecular complexity index is 2160. The maximum atomic E-state index is 13.6. The van der Waals surface area contributed by atoms with Crippen LogP contribution in [0.25, 0.3) is 0 Å². The maximum Gasteiger partial charge on any atom is 0.316 e. The van der Waals surface area contributed by atoms with E-state index in [4.69, 9.17) is 28.4 Å². The Labute approximate surface area is 394 Å². The molecule has 2 saturated heterocycles. The van der Waals surface area contributed by atoms with Crippen molar-refractivity contribution in [3.63, 3.8) is 0 Å². The molecule has 366 valence electrons. The molecule has 2 N–H and O–H groups in total. The summed E-state index contributed by atoms with van der Waals surface area (Å²) >= 11 is 0. The van der Waals surface area contributed by atoms with Crippen molar-refractivity contribution in [1.82, 2.24) is 5.32 Å². The molecule has 2 heterocycles. The molecule has 0 unspecified atom stereocenters. The summed E-state index contributed by atoms with van der Waals surface area (Å²) in [5.74, 6) is -1.68. The fourth-order valence-electron chi connectivity index (χ4n) is 14.9. The highest BCUT2D eigenvalue weighted by Gasteiger charge is 2.83. The number of esters is 3. The van der Waals surface area contributed by atoms with Crippen LogP contribution >= 0.6 is 0 Å². The van der Waals surface area contributed by atoms with Crippen LogP contribution in [0.3, 0.4) is 0 Å². The van der Waals surface area contributed by atoms with Crippen LogP contribution in [0, 0.1) is 45.8 Å². The Balaban J connectivity index is 0.000000171. The molecule has 7 aliphatic carbocycles. The van der Waals surface area contributed by atoms with Gasteiger partial charge in [-0.1, -0.05) is 38.3 Å². The topological polar surface area (TPSA) is 193 Å². The van der Waals surface area contributed by atoms with Crippen molar-refractivity contribution < 1.29 is 62.3 Å². The molecule has 14 heteroatoms. The lowest BCUT2D eigenvalue weighted by Crippen LogP contribution is -2.63. The number of aryl methyl sites for hydroxylation is 2. The average Bonchev–Trinajstić information content (AvgIpc) is 3.76. The standard InChI is InChI=1S/C29H41NO7.C24H30O6/c1-35-15-16-36-19-23(27(33)37-25-12-9-20-5-4-6-22(20)17-25)18-29(13-2-3-14-29)28(34)30-24-10-7-21(8-11-24)26(31)32;1-21-7-4-14(25)10-13(21)11-15(20(27)28-3)19-16-5-8-23(9-6-18(26)30-23)22(16,2)12-17-24(19,21)29-17/h9,12,17,21,23-24H,2-8,10-11,13-16,18-19H2,1H3,(H,30,34)(H,31,32);10,15-17,19H,4-9,11-12H2,1-3H3/t21?,23-,24?;15-,16+,17-,19+,21+,22+,23-,24-/m11/s1. The van der Waals surface area contributed by atoms with Gasteiger partial charge in [0.1, 0.15) is 17.0 Å². The van der Waals surface area contributed by atoms with Gasteiger partial charge in [-0.05, 0) is 138 Å². The summed E-state index contributed by atoms with van der Waals surface area (Å²) in [5.41, 5.74) is 1.74. The number of hydrogen-bond donors (Lipinski definition) is 2. The summed E-state index contributed by atoms with van der Waals surface area (Å²) in [6.45, 7) is 5.48. The molecule has 10 rings (SSSR count). The van der Waals surface area contributed by atoms with E-state index < -0.39 is 28.5 Å². The number of nitrogens with one attached hydrogen (secondary N) is 1. The minimum atomic E-state index is -0.754. The minimum Gasteiger partial charge on any atom is -0.481 e. The normalized spacial score (nSPS) is 36.7. The van der Waals surface area contributed by atoms with Crippen molar-refractivity contribution in [1.29, 1.82) is 0 Å². The van der Waals surface area contributed by atoms with Gasteiger partial charge in [-0.25, -0.2) is 0 Å². The number of carbonyl (C=O) groups is 6. The van der Waals surface area contributed by atoms with E-state index in [2.05, 4.69) is 19.2 Å². The molecular formula is C53H71NO13. The monoisotopic (exact) mass is 929 g/mol. The quantitative estimate of drug-likeness (QED) is 0.0875. The van der Waals surface area contributed by atoms with Crippen LogP contribution in [0.4, 0.5) is 0 Å². The van der Waals surface area contributed by atoms with Crippen LogP contribution in [0.1, 0.15) is 141 Å². The number of epoxide rings is 1. The smallest absolute Gasteiger partial charge is 0.316 e. The van der Waals surface area contributed by atoms with Crippen molar-refractivity contribution in [3.05, 3.63) is 41.0 Å². The van der Waals surface area contributed by atoms with Gasteiger partial charge in [-0.3, -0.25) is 28.8 Å². The lowest BCUT2D eigenvalue weighted by molar-refractivity contribution is -0.172. The first-order valence-corrected chi connectivity index (χ1v) is 25.3. The highest BCUT2D eigenvalue weighted by molar-refractivity contribution is 5.92. The van der Waals surface area contributed by atoms with E-state index in [-0.39, 0.29) is 82.9 Å².